The molecule has 1 aromatic carbocycles. The number of nitrogens with one attached hydrogen (secondary N) is 1. The number of carbonyl (C=O) groups is 2. The van der Waals surface area contributed by atoms with Crippen LogP contribution in [0.15, 0.2) is 18.2 Å². The highest BCUT2D eigenvalue weighted by Gasteiger charge is 2.21. The molecule has 0 aliphatic heterocycles. The third-order valence-electron chi connectivity index (χ3n) is 2.56. The number of hydrogen-bond acceptors (Lipinski definition) is 5. The van der Waals surface area contributed by atoms with Crippen LogP contribution in [0.1, 0.15) is 31.1 Å². The van der Waals surface area contributed by atoms with Crippen LogP contribution in [0, 0.1) is 0 Å². The first kappa shape index (κ1) is 15.8. The standard InChI is InChI=1S/C14H20N2O4/c1-4-16-13(17)9(3)20-14(18)10-7-6-8-11(15)12(10)19-5-2/h6-9H,4-5,15H2,1-3H3,(H,16,17). The second-order valence-corrected chi connectivity index (χ2v) is 4.10. The van der Waals surface area contributed by atoms with Crippen molar-refractivity contribution in [3.05, 3.63) is 23.8 Å². The molecule has 20 heavy (non-hydrogen) atoms. The van der Waals surface area contributed by atoms with Gasteiger partial charge in [0.05, 0.1) is 12.3 Å². The Morgan fingerprint density at radius 3 is 2.65 bits per heavy atom. The maximum absolute atomic E-state index is 12.1. The first-order valence-corrected chi connectivity index (χ1v) is 6.51. The summed E-state index contributed by atoms with van der Waals surface area (Å²) >= 11 is 0. The molecule has 0 radical (unpaired) electrons. The van der Waals surface area contributed by atoms with E-state index < -0.39 is 12.1 Å². The van der Waals surface area contributed by atoms with Crippen LogP contribution in [0.25, 0.3) is 0 Å². The molecule has 1 atom stereocenters. The molecule has 0 fully saturated rings. The van der Waals surface area contributed by atoms with Crippen molar-refractivity contribution in [2.45, 2.75) is 26.9 Å². The number of nitrogens with two attached hydrogens (primary N) is 1. The Balaban J connectivity index is 2.87. The molecule has 1 unspecified atom stereocenters. The van der Waals surface area contributed by atoms with Crippen LogP contribution in [0.5, 0.6) is 5.75 Å². The summed E-state index contributed by atoms with van der Waals surface area (Å²) in [4.78, 5) is 23.6. The monoisotopic (exact) mass is 280 g/mol. The Labute approximate surface area is 118 Å². The third kappa shape index (κ3) is 3.88. The first-order chi connectivity index (χ1) is 9.51. The van der Waals surface area contributed by atoms with Crippen molar-refractivity contribution in [1.29, 1.82) is 0 Å². The molecule has 0 saturated carbocycles. The molecular formula is C14H20N2O4. The summed E-state index contributed by atoms with van der Waals surface area (Å²) in [5, 5.41) is 2.58. The molecule has 1 rings (SSSR count). The molecule has 0 heterocycles. The highest BCUT2D eigenvalue weighted by molar-refractivity contribution is 5.96. The maximum Gasteiger partial charge on any atom is 0.342 e. The smallest absolute Gasteiger partial charge is 0.342 e. The van der Waals surface area contributed by atoms with Crippen LogP contribution < -0.4 is 15.8 Å². The topological polar surface area (TPSA) is 90.7 Å². The molecule has 110 valence electrons. The zero-order valence-corrected chi connectivity index (χ0v) is 11.9. The maximum atomic E-state index is 12.1. The van der Waals surface area contributed by atoms with Crippen LogP contribution >= 0.6 is 0 Å². The number of amides is 1. The Morgan fingerprint density at radius 2 is 2.05 bits per heavy atom. The van der Waals surface area contributed by atoms with E-state index in [4.69, 9.17) is 15.2 Å². The zero-order chi connectivity index (χ0) is 15.1. The summed E-state index contributed by atoms with van der Waals surface area (Å²) < 4.78 is 10.5. The van der Waals surface area contributed by atoms with Crippen LogP contribution in [0.2, 0.25) is 0 Å². The van der Waals surface area contributed by atoms with Crippen molar-refractivity contribution >= 4 is 17.6 Å². The van der Waals surface area contributed by atoms with Gasteiger partial charge >= 0.3 is 5.97 Å². The Morgan fingerprint density at radius 1 is 1.35 bits per heavy atom. The summed E-state index contributed by atoms with van der Waals surface area (Å²) in [5.74, 6) is -0.703. The highest BCUT2D eigenvalue weighted by Crippen LogP contribution is 2.27. The number of esters is 1. The number of nitrogen functional groups attached to an aromatic ring is 1. The van der Waals surface area contributed by atoms with Gasteiger partial charge in [-0.3, -0.25) is 4.79 Å². The fourth-order valence-corrected chi connectivity index (χ4v) is 1.62. The normalized spacial score (nSPS) is 11.6. The third-order valence-corrected chi connectivity index (χ3v) is 2.56. The molecule has 0 spiro atoms. The van der Waals surface area contributed by atoms with Gasteiger partial charge in [0.2, 0.25) is 0 Å². The van der Waals surface area contributed by atoms with Gasteiger partial charge in [-0.2, -0.15) is 0 Å². The van der Waals surface area contributed by atoms with E-state index in [9.17, 15) is 9.59 Å². The molecule has 0 aliphatic rings. The van der Waals surface area contributed by atoms with Gasteiger partial charge in [0.1, 0.15) is 5.56 Å². The molecule has 3 N–H and O–H groups in total. The lowest BCUT2D eigenvalue weighted by atomic mass is 10.1. The van der Waals surface area contributed by atoms with E-state index in [0.29, 0.717) is 18.8 Å². The van der Waals surface area contributed by atoms with Gasteiger partial charge in [-0.15, -0.1) is 0 Å². The summed E-state index contributed by atoms with van der Waals surface area (Å²) in [5.41, 5.74) is 6.34. The second kappa shape index (κ2) is 7.37. The van der Waals surface area contributed by atoms with E-state index in [1.165, 1.54) is 6.92 Å². The Bertz CT molecular complexity index is 488. The molecule has 0 aliphatic carbocycles. The number of hydrogen-bond donors (Lipinski definition) is 2. The average molecular weight is 280 g/mol. The summed E-state index contributed by atoms with van der Waals surface area (Å²) in [6.45, 7) is 5.94. The molecule has 6 heteroatoms. The number of likely N-dealkylation sites (N-methyl/N-ethyl adjacent to an activating group) is 1. The first-order valence-electron chi connectivity index (χ1n) is 6.51. The molecule has 6 nitrogen and oxygen atoms in total. The van der Waals surface area contributed by atoms with Crippen molar-refractivity contribution in [2.24, 2.45) is 0 Å². The van der Waals surface area contributed by atoms with Crippen LogP contribution in [0.3, 0.4) is 0 Å². The van der Waals surface area contributed by atoms with Crippen molar-refractivity contribution in [2.75, 3.05) is 18.9 Å². The Kier molecular flexibility index (Phi) is 5.83. The summed E-state index contributed by atoms with van der Waals surface area (Å²) in [6.07, 6.45) is -0.877. The molecule has 0 aromatic heterocycles. The summed E-state index contributed by atoms with van der Waals surface area (Å²) in [6, 6.07) is 4.81. The lowest BCUT2D eigenvalue weighted by Crippen LogP contribution is -2.35. The van der Waals surface area contributed by atoms with Crippen molar-refractivity contribution in [1.82, 2.24) is 5.32 Å². The molecule has 0 saturated heterocycles. The van der Waals surface area contributed by atoms with Crippen LogP contribution in [0.4, 0.5) is 5.69 Å². The van der Waals surface area contributed by atoms with Gasteiger partial charge in [0.15, 0.2) is 11.9 Å². The van der Waals surface area contributed by atoms with E-state index in [1.54, 1.807) is 32.0 Å². The molecule has 1 amide bonds. The second-order valence-electron chi connectivity index (χ2n) is 4.10. The summed E-state index contributed by atoms with van der Waals surface area (Å²) in [7, 11) is 0. The number of ether oxygens (including phenoxy) is 2. The van der Waals surface area contributed by atoms with Gasteiger partial charge in [-0.05, 0) is 32.9 Å². The van der Waals surface area contributed by atoms with Gasteiger partial charge in [0.25, 0.3) is 5.91 Å². The lowest BCUT2D eigenvalue weighted by Gasteiger charge is -2.15. The van der Waals surface area contributed by atoms with Crippen LogP contribution in [-0.4, -0.2) is 31.1 Å². The van der Waals surface area contributed by atoms with E-state index in [0.717, 1.165) is 0 Å². The SMILES string of the molecule is CCNC(=O)C(C)OC(=O)c1cccc(N)c1OCC. The highest BCUT2D eigenvalue weighted by atomic mass is 16.5. The lowest BCUT2D eigenvalue weighted by molar-refractivity contribution is -0.128. The largest absolute Gasteiger partial charge is 0.491 e. The number of rotatable bonds is 6. The minimum Gasteiger partial charge on any atom is -0.491 e. The van der Waals surface area contributed by atoms with Crippen LogP contribution in [-0.2, 0) is 9.53 Å². The van der Waals surface area contributed by atoms with Crippen molar-refractivity contribution < 1.29 is 19.1 Å². The van der Waals surface area contributed by atoms with Crippen molar-refractivity contribution in [3.8, 4) is 5.75 Å². The minimum absolute atomic E-state index is 0.211. The van der Waals surface area contributed by atoms with E-state index in [1.807, 2.05) is 0 Å². The van der Waals surface area contributed by atoms with Gasteiger partial charge < -0.3 is 20.5 Å². The van der Waals surface area contributed by atoms with Gasteiger partial charge in [-0.25, -0.2) is 4.79 Å². The fraction of sp³-hybridized carbons (Fsp3) is 0.429. The average Bonchev–Trinajstić information content (AvgIpc) is 2.41. The van der Waals surface area contributed by atoms with Gasteiger partial charge in [-0.1, -0.05) is 6.07 Å². The van der Waals surface area contributed by atoms with Crippen molar-refractivity contribution in [3.63, 3.8) is 0 Å². The number of anilines is 1. The number of benzene rings is 1. The van der Waals surface area contributed by atoms with Gasteiger partial charge in [0, 0.05) is 6.54 Å². The molecular weight excluding hydrogens is 260 g/mol. The zero-order valence-electron chi connectivity index (χ0n) is 11.9. The quantitative estimate of drug-likeness (QED) is 0.606. The van der Waals surface area contributed by atoms with E-state index in [-0.39, 0.29) is 17.2 Å². The van der Waals surface area contributed by atoms with E-state index in [2.05, 4.69) is 5.32 Å². The molecule has 1 aromatic rings. The molecule has 0 bridgehead atoms. The predicted molar refractivity (Wildman–Crippen MR) is 75.6 cm³/mol. The van der Waals surface area contributed by atoms with E-state index >= 15 is 0 Å². The fourth-order valence-electron chi connectivity index (χ4n) is 1.62. The Hall–Kier alpha value is -2.24. The number of para-hydroxylation sites is 1. The number of carbonyl (C=O) groups excluding carboxylic acids is 2. The predicted octanol–water partition coefficient (Wildman–Crippen LogP) is 1.35. The minimum atomic E-state index is -0.877.